The van der Waals surface area contributed by atoms with Crippen LogP contribution in [0.4, 0.5) is 0 Å². The molecule has 46 valence electrons. The maximum atomic E-state index is 4.86. The highest BCUT2D eigenvalue weighted by Gasteiger charge is 1.80. The third kappa shape index (κ3) is 3.47. The van der Waals surface area contributed by atoms with Gasteiger partial charge < -0.3 is 4.74 Å². The molecule has 0 aromatic rings. The van der Waals surface area contributed by atoms with Crippen LogP contribution in [0.25, 0.3) is 0 Å². The molecule has 0 heterocycles. The van der Waals surface area contributed by atoms with Gasteiger partial charge in [0.15, 0.2) is 0 Å². The van der Waals surface area contributed by atoms with E-state index in [4.69, 9.17) is 4.74 Å². The first-order valence-electron chi connectivity index (χ1n) is 2.54. The average Bonchev–Trinajstić information content (AvgIpc) is 1.65. The van der Waals surface area contributed by atoms with Crippen LogP contribution in [0, 0.1) is 0 Å². The second-order valence-corrected chi connectivity index (χ2v) is 1.81. The SMILES string of the molecule is C=C(C)/C=C(/C)OC. The molecule has 0 atom stereocenters. The lowest BCUT2D eigenvalue weighted by Crippen LogP contribution is -1.77. The van der Waals surface area contributed by atoms with Crippen LogP contribution < -0.4 is 0 Å². The fraction of sp³-hybridized carbons (Fsp3) is 0.429. The van der Waals surface area contributed by atoms with Crippen molar-refractivity contribution < 1.29 is 4.74 Å². The zero-order valence-electron chi connectivity index (χ0n) is 5.69. The van der Waals surface area contributed by atoms with Gasteiger partial charge in [-0.3, -0.25) is 0 Å². The highest BCUT2D eigenvalue weighted by atomic mass is 16.5. The van der Waals surface area contributed by atoms with E-state index in [-0.39, 0.29) is 0 Å². The van der Waals surface area contributed by atoms with Crippen molar-refractivity contribution in [3.05, 3.63) is 24.0 Å². The van der Waals surface area contributed by atoms with Gasteiger partial charge in [-0.05, 0) is 19.9 Å². The Labute approximate surface area is 50.7 Å². The molecule has 0 aliphatic heterocycles. The van der Waals surface area contributed by atoms with Gasteiger partial charge in [-0.1, -0.05) is 12.2 Å². The Bertz CT molecular complexity index is 112. The van der Waals surface area contributed by atoms with Crippen molar-refractivity contribution in [3.63, 3.8) is 0 Å². The summed E-state index contributed by atoms with van der Waals surface area (Å²) in [4.78, 5) is 0. The number of ether oxygens (including phenoxy) is 1. The molecule has 0 spiro atoms. The van der Waals surface area contributed by atoms with Crippen molar-refractivity contribution in [3.8, 4) is 0 Å². The maximum Gasteiger partial charge on any atom is 0.0926 e. The molecule has 1 nitrogen and oxygen atoms in total. The van der Waals surface area contributed by atoms with Crippen molar-refractivity contribution in [2.45, 2.75) is 13.8 Å². The van der Waals surface area contributed by atoms with Gasteiger partial charge in [0, 0.05) is 0 Å². The summed E-state index contributed by atoms with van der Waals surface area (Å²) in [6.45, 7) is 7.52. The molecule has 0 N–H and O–H groups in total. The molecule has 0 saturated carbocycles. The predicted molar refractivity (Wildman–Crippen MR) is 35.6 cm³/mol. The molecule has 0 bridgehead atoms. The molecule has 0 radical (unpaired) electrons. The number of rotatable bonds is 2. The van der Waals surface area contributed by atoms with Crippen molar-refractivity contribution >= 4 is 0 Å². The minimum Gasteiger partial charge on any atom is -0.501 e. The Morgan fingerprint density at radius 3 is 2.12 bits per heavy atom. The first-order chi connectivity index (χ1) is 3.66. The highest BCUT2D eigenvalue weighted by Crippen LogP contribution is 1.97. The fourth-order valence-electron chi connectivity index (χ4n) is 0.406. The van der Waals surface area contributed by atoms with Crippen LogP contribution in [0.15, 0.2) is 24.0 Å². The Kier molecular flexibility index (Phi) is 3.01. The second kappa shape index (κ2) is 3.30. The van der Waals surface area contributed by atoms with Crippen molar-refractivity contribution in [1.82, 2.24) is 0 Å². The lowest BCUT2D eigenvalue weighted by Gasteiger charge is -1.95. The van der Waals surface area contributed by atoms with Gasteiger partial charge in [0.2, 0.25) is 0 Å². The summed E-state index contributed by atoms with van der Waals surface area (Å²) >= 11 is 0. The zero-order chi connectivity index (χ0) is 6.57. The summed E-state index contributed by atoms with van der Waals surface area (Å²) < 4.78 is 4.86. The molecular formula is C7H12O. The number of hydrogen-bond acceptors (Lipinski definition) is 1. The Morgan fingerprint density at radius 2 is 2.00 bits per heavy atom. The zero-order valence-corrected chi connectivity index (χ0v) is 5.69. The molecule has 8 heavy (non-hydrogen) atoms. The standard InChI is InChI=1S/C7H12O/c1-6(2)5-7(3)8-4/h5H,1H2,2-4H3/b7-5-. The van der Waals surface area contributed by atoms with Crippen LogP contribution in [0.1, 0.15) is 13.8 Å². The second-order valence-electron chi connectivity index (χ2n) is 1.81. The van der Waals surface area contributed by atoms with E-state index in [1.807, 2.05) is 19.9 Å². The Morgan fingerprint density at radius 1 is 1.50 bits per heavy atom. The van der Waals surface area contributed by atoms with E-state index in [2.05, 4.69) is 6.58 Å². The van der Waals surface area contributed by atoms with E-state index in [0.717, 1.165) is 11.3 Å². The van der Waals surface area contributed by atoms with E-state index < -0.39 is 0 Å². The van der Waals surface area contributed by atoms with Gasteiger partial charge >= 0.3 is 0 Å². The molecule has 0 aromatic heterocycles. The molecular weight excluding hydrogens is 100 g/mol. The monoisotopic (exact) mass is 112 g/mol. The van der Waals surface area contributed by atoms with Crippen molar-refractivity contribution in [2.24, 2.45) is 0 Å². The molecule has 0 saturated heterocycles. The number of methoxy groups -OCH3 is 1. The summed E-state index contributed by atoms with van der Waals surface area (Å²) in [6.07, 6.45) is 1.89. The van der Waals surface area contributed by atoms with E-state index in [1.165, 1.54) is 0 Å². The van der Waals surface area contributed by atoms with Crippen LogP contribution in [-0.4, -0.2) is 7.11 Å². The molecule has 0 aromatic carbocycles. The molecule has 0 fully saturated rings. The van der Waals surface area contributed by atoms with E-state index in [0.29, 0.717) is 0 Å². The lowest BCUT2D eigenvalue weighted by atomic mass is 10.3. The molecule has 0 aliphatic carbocycles. The summed E-state index contributed by atoms with van der Waals surface area (Å²) in [5, 5.41) is 0. The lowest BCUT2D eigenvalue weighted by molar-refractivity contribution is 0.293. The van der Waals surface area contributed by atoms with Crippen molar-refractivity contribution in [2.75, 3.05) is 7.11 Å². The Balaban J connectivity index is 3.75. The fourth-order valence-corrected chi connectivity index (χ4v) is 0.406. The first-order valence-corrected chi connectivity index (χ1v) is 2.54. The average molecular weight is 112 g/mol. The summed E-state index contributed by atoms with van der Waals surface area (Å²) in [5.41, 5.74) is 1.02. The van der Waals surface area contributed by atoms with Crippen LogP contribution in [0.2, 0.25) is 0 Å². The topological polar surface area (TPSA) is 9.23 Å². The minimum atomic E-state index is 0.900. The predicted octanol–water partition coefficient (Wildman–Crippen LogP) is 2.11. The molecule has 0 amide bonds. The third-order valence-corrected chi connectivity index (χ3v) is 0.772. The highest BCUT2D eigenvalue weighted by molar-refractivity contribution is 5.13. The molecule has 1 heteroatoms. The van der Waals surface area contributed by atoms with E-state index >= 15 is 0 Å². The number of hydrogen-bond donors (Lipinski definition) is 0. The van der Waals surface area contributed by atoms with Crippen LogP contribution in [0.3, 0.4) is 0 Å². The molecule has 0 rings (SSSR count). The van der Waals surface area contributed by atoms with E-state index in [9.17, 15) is 0 Å². The van der Waals surface area contributed by atoms with E-state index in [1.54, 1.807) is 7.11 Å². The van der Waals surface area contributed by atoms with Gasteiger partial charge in [-0.2, -0.15) is 0 Å². The maximum absolute atomic E-state index is 4.86. The summed E-state index contributed by atoms with van der Waals surface area (Å²) in [6, 6.07) is 0. The van der Waals surface area contributed by atoms with Crippen LogP contribution >= 0.6 is 0 Å². The van der Waals surface area contributed by atoms with Crippen LogP contribution in [-0.2, 0) is 4.74 Å². The smallest absolute Gasteiger partial charge is 0.0926 e. The molecule has 0 unspecified atom stereocenters. The van der Waals surface area contributed by atoms with Gasteiger partial charge in [0.1, 0.15) is 0 Å². The third-order valence-electron chi connectivity index (χ3n) is 0.772. The molecule has 0 aliphatic rings. The van der Waals surface area contributed by atoms with Gasteiger partial charge in [-0.15, -0.1) is 0 Å². The quantitative estimate of drug-likeness (QED) is 0.392. The summed E-state index contributed by atoms with van der Waals surface area (Å²) in [7, 11) is 1.65. The number of allylic oxidation sites excluding steroid dienone is 3. The normalized spacial score (nSPS) is 11.1. The summed E-state index contributed by atoms with van der Waals surface area (Å²) in [5.74, 6) is 0.900. The van der Waals surface area contributed by atoms with Crippen LogP contribution in [0.5, 0.6) is 0 Å². The van der Waals surface area contributed by atoms with Gasteiger partial charge in [0.25, 0.3) is 0 Å². The first kappa shape index (κ1) is 7.28. The van der Waals surface area contributed by atoms with Gasteiger partial charge in [-0.25, -0.2) is 0 Å². The Hall–Kier alpha value is -0.720. The van der Waals surface area contributed by atoms with Gasteiger partial charge in [0.05, 0.1) is 12.9 Å². The minimum absolute atomic E-state index is 0.900. The van der Waals surface area contributed by atoms with Crippen molar-refractivity contribution in [1.29, 1.82) is 0 Å². The largest absolute Gasteiger partial charge is 0.501 e.